The second-order valence-electron chi connectivity index (χ2n) is 8.88. The maximum atomic E-state index is 4.43. The first-order valence-electron chi connectivity index (χ1n) is 11.8. The highest BCUT2D eigenvalue weighted by Crippen LogP contribution is 2.24. The van der Waals surface area contributed by atoms with Crippen LogP contribution in [0.15, 0.2) is 53.5 Å². The second-order valence-corrected chi connectivity index (χ2v) is 8.88. The Morgan fingerprint density at radius 3 is 2.32 bits per heavy atom. The number of likely N-dealkylation sites (tertiary alicyclic amines) is 1. The Labute approximate surface area is 187 Å². The lowest BCUT2D eigenvalue weighted by molar-refractivity contribution is 0.331. The zero-order valence-corrected chi connectivity index (χ0v) is 19.1. The van der Waals surface area contributed by atoms with Crippen LogP contribution >= 0.6 is 0 Å². The van der Waals surface area contributed by atoms with Gasteiger partial charge in [0.05, 0.1) is 6.04 Å². The average molecular weight is 420 g/mol. The van der Waals surface area contributed by atoms with Gasteiger partial charge in [-0.05, 0) is 74.5 Å². The van der Waals surface area contributed by atoms with Gasteiger partial charge in [-0.1, -0.05) is 36.4 Å². The molecule has 4 rings (SSSR count). The Hall–Kier alpha value is -2.53. The van der Waals surface area contributed by atoms with E-state index in [0.29, 0.717) is 0 Å². The van der Waals surface area contributed by atoms with Crippen molar-refractivity contribution in [3.05, 3.63) is 65.2 Å². The second kappa shape index (κ2) is 10.7. The van der Waals surface area contributed by atoms with E-state index in [0.717, 1.165) is 19.0 Å². The summed E-state index contributed by atoms with van der Waals surface area (Å²) in [4.78, 5) is 9.46. The lowest BCUT2D eigenvalue weighted by Crippen LogP contribution is -2.38. The smallest absolute Gasteiger partial charge is 0.191 e. The quantitative estimate of drug-likeness (QED) is 0.518. The Morgan fingerprint density at radius 2 is 1.61 bits per heavy atom. The molecule has 2 aliphatic rings. The molecule has 0 amide bonds. The Bertz CT molecular complexity index is 848. The molecular formula is C26H37N5. The lowest BCUT2D eigenvalue weighted by atomic mass is 10.1. The highest BCUT2D eigenvalue weighted by molar-refractivity contribution is 5.80. The van der Waals surface area contributed by atoms with Crippen molar-refractivity contribution < 1.29 is 0 Å². The molecule has 2 heterocycles. The molecular weight excluding hydrogens is 382 g/mol. The van der Waals surface area contributed by atoms with Gasteiger partial charge in [-0.3, -0.25) is 9.89 Å². The maximum Gasteiger partial charge on any atom is 0.191 e. The van der Waals surface area contributed by atoms with Gasteiger partial charge in [-0.25, -0.2) is 0 Å². The summed E-state index contributed by atoms with van der Waals surface area (Å²) >= 11 is 0. The van der Waals surface area contributed by atoms with E-state index in [1.807, 2.05) is 7.05 Å². The van der Waals surface area contributed by atoms with E-state index in [4.69, 9.17) is 0 Å². The van der Waals surface area contributed by atoms with Crippen molar-refractivity contribution in [1.29, 1.82) is 0 Å². The number of hydrogen-bond acceptors (Lipinski definition) is 3. The highest BCUT2D eigenvalue weighted by Gasteiger charge is 2.15. The first-order chi connectivity index (χ1) is 15.2. The van der Waals surface area contributed by atoms with Gasteiger partial charge >= 0.3 is 0 Å². The number of aliphatic imine (C=N–C) groups is 1. The number of rotatable bonds is 7. The first kappa shape index (κ1) is 21.7. The van der Waals surface area contributed by atoms with Gasteiger partial charge in [0.2, 0.25) is 0 Å². The largest absolute Gasteiger partial charge is 0.372 e. The molecule has 2 N–H and O–H groups in total. The number of hydrogen-bond donors (Lipinski definition) is 2. The Kier molecular flexibility index (Phi) is 7.47. The summed E-state index contributed by atoms with van der Waals surface area (Å²) in [6, 6.07) is 18.1. The Morgan fingerprint density at radius 1 is 0.935 bits per heavy atom. The summed E-state index contributed by atoms with van der Waals surface area (Å²) in [5, 5.41) is 7.01. The SMILES string of the molecule is CN=C(NCc1ccc(CN2CCCC2)cc1)NC(C)c1cccc(N2CCCC2)c1. The maximum absolute atomic E-state index is 4.43. The average Bonchev–Trinajstić information content (AvgIpc) is 3.52. The van der Waals surface area contributed by atoms with Crippen LogP contribution in [0.5, 0.6) is 0 Å². The fourth-order valence-corrected chi connectivity index (χ4v) is 4.60. The van der Waals surface area contributed by atoms with Gasteiger partial charge in [0, 0.05) is 38.9 Å². The van der Waals surface area contributed by atoms with Gasteiger partial charge in [0.25, 0.3) is 0 Å². The fraction of sp³-hybridized carbons (Fsp3) is 0.500. The molecule has 0 spiro atoms. The van der Waals surface area contributed by atoms with Crippen LogP contribution in [0, 0.1) is 0 Å². The highest BCUT2D eigenvalue weighted by atomic mass is 15.2. The molecule has 1 unspecified atom stereocenters. The van der Waals surface area contributed by atoms with E-state index in [9.17, 15) is 0 Å². The van der Waals surface area contributed by atoms with Crippen molar-refractivity contribution in [3.63, 3.8) is 0 Å². The van der Waals surface area contributed by atoms with Crippen LogP contribution in [0.4, 0.5) is 5.69 Å². The van der Waals surface area contributed by atoms with Crippen molar-refractivity contribution in [1.82, 2.24) is 15.5 Å². The van der Waals surface area contributed by atoms with Gasteiger partial charge in [-0.15, -0.1) is 0 Å². The minimum absolute atomic E-state index is 0.191. The zero-order chi connectivity index (χ0) is 21.5. The monoisotopic (exact) mass is 419 g/mol. The van der Waals surface area contributed by atoms with Crippen LogP contribution in [-0.2, 0) is 13.1 Å². The topological polar surface area (TPSA) is 42.9 Å². The molecule has 166 valence electrons. The molecule has 0 radical (unpaired) electrons. The number of nitrogens with zero attached hydrogens (tertiary/aromatic N) is 3. The predicted molar refractivity (Wildman–Crippen MR) is 131 cm³/mol. The minimum Gasteiger partial charge on any atom is -0.372 e. The third-order valence-electron chi connectivity index (χ3n) is 6.51. The van der Waals surface area contributed by atoms with Crippen molar-refractivity contribution in [3.8, 4) is 0 Å². The van der Waals surface area contributed by atoms with Gasteiger partial charge < -0.3 is 15.5 Å². The van der Waals surface area contributed by atoms with E-state index >= 15 is 0 Å². The number of anilines is 1. The van der Waals surface area contributed by atoms with Crippen LogP contribution in [0.1, 0.15) is 55.3 Å². The van der Waals surface area contributed by atoms with Gasteiger partial charge in [0.1, 0.15) is 0 Å². The molecule has 2 fully saturated rings. The van der Waals surface area contributed by atoms with E-state index < -0.39 is 0 Å². The summed E-state index contributed by atoms with van der Waals surface area (Å²) in [5.74, 6) is 0.834. The van der Waals surface area contributed by atoms with Crippen molar-refractivity contribution >= 4 is 11.6 Å². The fourth-order valence-electron chi connectivity index (χ4n) is 4.60. The van der Waals surface area contributed by atoms with Gasteiger partial charge in [-0.2, -0.15) is 0 Å². The van der Waals surface area contributed by atoms with Crippen LogP contribution in [0.3, 0.4) is 0 Å². The molecule has 5 heteroatoms. The molecule has 0 aromatic heterocycles. The standard InChI is InChI=1S/C26H37N5/c1-21(24-8-7-9-25(18-24)31-16-5-6-17-31)29-26(27-2)28-19-22-10-12-23(13-11-22)20-30-14-3-4-15-30/h7-13,18,21H,3-6,14-17,19-20H2,1-2H3,(H2,27,28,29). The summed E-state index contributed by atoms with van der Waals surface area (Å²) in [5.41, 5.74) is 5.30. The zero-order valence-electron chi connectivity index (χ0n) is 19.1. The molecule has 2 aliphatic heterocycles. The minimum atomic E-state index is 0.191. The molecule has 2 saturated heterocycles. The van der Waals surface area contributed by atoms with E-state index in [1.165, 1.54) is 74.2 Å². The van der Waals surface area contributed by atoms with Crippen LogP contribution < -0.4 is 15.5 Å². The number of benzene rings is 2. The molecule has 0 aliphatic carbocycles. The molecule has 2 aromatic rings. The molecule has 31 heavy (non-hydrogen) atoms. The summed E-state index contributed by atoms with van der Waals surface area (Å²) in [6.45, 7) is 8.86. The Balaban J connectivity index is 1.28. The van der Waals surface area contributed by atoms with E-state index in [-0.39, 0.29) is 6.04 Å². The van der Waals surface area contributed by atoms with Crippen LogP contribution in [0.2, 0.25) is 0 Å². The number of guanidine groups is 1. The van der Waals surface area contributed by atoms with Gasteiger partial charge in [0.15, 0.2) is 5.96 Å². The first-order valence-corrected chi connectivity index (χ1v) is 11.8. The number of nitrogens with one attached hydrogen (secondary N) is 2. The third-order valence-corrected chi connectivity index (χ3v) is 6.51. The lowest BCUT2D eigenvalue weighted by Gasteiger charge is -2.22. The third kappa shape index (κ3) is 6.01. The molecule has 0 saturated carbocycles. The normalized spacial score (nSPS) is 18.4. The van der Waals surface area contributed by atoms with Crippen molar-refractivity contribution in [2.75, 3.05) is 38.1 Å². The van der Waals surface area contributed by atoms with E-state index in [1.54, 1.807) is 0 Å². The van der Waals surface area contributed by atoms with Crippen molar-refractivity contribution in [2.45, 2.75) is 51.7 Å². The van der Waals surface area contributed by atoms with Crippen LogP contribution in [0.25, 0.3) is 0 Å². The summed E-state index contributed by atoms with van der Waals surface area (Å²) in [6.07, 6.45) is 5.28. The van der Waals surface area contributed by atoms with Crippen LogP contribution in [-0.4, -0.2) is 44.1 Å². The molecule has 2 aromatic carbocycles. The summed E-state index contributed by atoms with van der Waals surface area (Å²) < 4.78 is 0. The molecule has 5 nitrogen and oxygen atoms in total. The summed E-state index contributed by atoms with van der Waals surface area (Å²) in [7, 11) is 1.84. The predicted octanol–water partition coefficient (Wildman–Crippen LogP) is 4.31. The molecule has 1 atom stereocenters. The van der Waals surface area contributed by atoms with Crippen molar-refractivity contribution in [2.24, 2.45) is 4.99 Å². The molecule has 0 bridgehead atoms. The van der Waals surface area contributed by atoms with E-state index in [2.05, 4.69) is 80.9 Å².